The van der Waals surface area contributed by atoms with Crippen LogP contribution in [0.5, 0.6) is 0 Å². The molecule has 1 saturated heterocycles. The third-order valence-corrected chi connectivity index (χ3v) is 4.80. The Bertz CT molecular complexity index is 781. The lowest BCUT2D eigenvalue weighted by molar-refractivity contribution is -0.133. The smallest absolute Gasteiger partial charge is 0.266 e. The van der Waals surface area contributed by atoms with E-state index in [-0.39, 0.29) is 17.6 Å². The van der Waals surface area contributed by atoms with Crippen LogP contribution in [0.4, 0.5) is 4.39 Å². The minimum absolute atomic E-state index is 0.0687. The average Bonchev–Trinajstić information content (AvgIpc) is 3.11. The lowest BCUT2D eigenvalue weighted by atomic mass is 9.93. The summed E-state index contributed by atoms with van der Waals surface area (Å²) >= 11 is 0. The normalized spacial score (nSPS) is 16.6. The number of aromatic amines is 1. The second kappa shape index (κ2) is 7.04. The maximum atomic E-state index is 13.9. The molecule has 7 heteroatoms. The molecule has 132 valence electrons. The number of nitrogens with one attached hydrogen (secondary N) is 1. The highest BCUT2D eigenvalue weighted by molar-refractivity contribution is 5.90. The van der Waals surface area contributed by atoms with E-state index in [9.17, 15) is 14.0 Å². The van der Waals surface area contributed by atoms with Gasteiger partial charge in [0, 0.05) is 19.0 Å². The van der Waals surface area contributed by atoms with Crippen molar-refractivity contribution in [3.8, 4) is 0 Å². The first kappa shape index (κ1) is 17.1. The lowest BCUT2D eigenvalue weighted by Crippen LogP contribution is -2.40. The second-order valence-electron chi connectivity index (χ2n) is 6.39. The van der Waals surface area contributed by atoms with Crippen LogP contribution in [-0.4, -0.2) is 39.8 Å². The van der Waals surface area contributed by atoms with Crippen LogP contribution in [0.1, 0.15) is 53.5 Å². The van der Waals surface area contributed by atoms with Gasteiger partial charge >= 0.3 is 0 Å². The van der Waals surface area contributed by atoms with Crippen molar-refractivity contribution < 1.29 is 14.0 Å². The number of primary amides is 1. The van der Waals surface area contributed by atoms with Gasteiger partial charge in [0.2, 0.25) is 5.91 Å². The summed E-state index contributed by atoms with van der Waals surface area (Å²) < 4.78 is 13.9. The van der Waals surface area contributed by atoms with Crippen LogP contribution in [0.3, 0.4) is 0 Å². The molecule has 2 amide bonds. The molecule has 1 unspecified atom stereocenters. The van der Waals surface area contributed by atoms with Crippen LogP contribution in [0.15, 0.2) is 30.5 Å². The molecule has 2 aromatic rings. The van der Waals surface area contributed by atoms with Crippen molar-refractivity contribution in [1.82, 2.24) is 14.9 Å². The van der Waals surface area contributed by atoms with E-state index in [1.165, 1.54) is 12.3 Å². The van der Waals surface area contributed by atoms with E-state index in [0.717, 1.165) is 18.7 Å². The van der Waals surface area contributed by atoms with E-state index in [4.69, 9.17) is 5.73 Å². The summed E-state index contributed by atoms with van der Waals surface area (Å²) in [7, 11) is 0. The average molecular weight is 344 g/mol. The molecule has 1 aromatic heterocycles. The standard InChI is InChI=1S/C18H21FN4O2/c1-11(13-4-2-3-5-14(13)19)18(25)23-8-6-12(7-9-23)17-21-10-15(22-17)16(20)24/h2-5,10-12H,6-9H2,1H3,(H2,20,24)(H,21,22). The van der Waals surface area contributed by atoms with Crippen molar-refractivity contribution in [2.75, 3.05) is 13.1 Å². The lowest BCUT2D eigenvalue weighted by Gasteiger charge is -2.33. The van der Waals surface area contributed by atoms with E-state index >= 15 is 0 Å². The van der Waals surface area contributed by atoms with Gasteiger partial charge in [-0.05, 0) is 31.4 Å². The number of carbonyl (C=O) groups is 2. The molecule has 0 spiro atoms. The molecule has 1 aliphatic heterocycles. The molecule has 0 bridgehead atoms. The molecule has 0 radical (unpaired) electrons. The topological polar surface area (TPSA) is 92.1 Å². The van der Waals surface area contributed by atoms with E-state index < -0.39 is 11.8 Å². The molecule has 0 saturated carbocycles. The first-order chi connectivity index (χ1) is 12.0. The molecule has 1 atom stereocenters. The van der Waals surface area contributed by atoms with E-state index in [2.05, 4.69) is 9.97 Å². The Balaban J connectivity index is 1.62. The molecular weight excluding hydrogens is 323 g/mol. The first-order valence-corrected chi connectivity index (χ1v) is 8.35. The highest BCUT2D eigenvalue weighted by Gasteiger charge is 2.29. The zero-order valence-corrected chi connectivity index (χ0v) is 14.0. The number of hydrogen-bond donors (Lipinski definition) is 2. The van der Waals surface area contributed by atoms with Gasteiger partial charge in [-0.1, -0.05) is 18.2 Å². The number of halogens is 1. The third-order valence-electron chi connectivity index (χ3n) is 4.80. The molecule has 0 aliphatic carbocycles. The molecule has 1 aromatic carbocycles. The molecule has 2 heterocycles. The molecule has 6 nitrogen and oxygen atoms in total. The summed E-state index contributed by atoms with van der Waals surface area (Å²) in [5.41, 5.74) is 5.94. The van der Waals surface area contributed by atoms with Gasteiger partial charge in [0.15, 0.2) is 0 Å². The number of benzene rings is 1. The molecule has 3 rings (SSSR count). The highest BCUT2D eigenvalue weighted by atomic mass is 19.1. The number of hydrogen-bond acceptors (Lipinski definition) is 3. The number of amides is 2. The minimum Gasteiger partial charge on any atom is -0.364 e. The fraction of sp³-hybridized carbons (Fsp3) is 0.389. The molecule has 1 aliphatic rings. The molecular formula is C18H21FN4O2. The summed E-state index contributed by atoms with van der Waals surface area (Å²) in [6, 6.07) is 6.38. The van der Waals surface area contributed by atoms with E-state index in [1.807, 2.05) is 0 Å². The van der Waals surface area contributed by atoms with E-state index in [0.29, 0.717) is 24.3 Å². The second-order valence-corrected chi connectivity index (χ2v) is 6.39. The monoisotopic (exact) mass is 344 g/mol. The fourth-order valence-corrected chi connectivity index (χ4v) is 3.28. The summed E-state index contributed by atoms with van der Waals surface area (Å²) in [5, 5.41) is 0. The quantitative estimate of drug-likeness (QED) is 0.890. The largest absolute Gasteiger partial charge is 0.364 e. The van der Waals surface area contributed by atoms with Gasteiger partial charge in [-0.25, -0.2) is 9.37 Å². The van der Waals surface area contributed by atoms with Crippen molar-refractivity contribution in [3.63, 3.8) is 0 Å². The van der Waals surface area contributed by atoms with E-state index in [1.54, 1.807) is 30.0 Å². The molecule has 1 fully saturated rings. The summed E-state index contributed by atoms with van der Waals surface area (Å²) in [5.74, 6) is -0.592. The van der Waals surface area contributed by atoms with Crippen LogP contribution in [0, 0.1) is 5.82 Å². The summed E-state index contributed by atoms with van der Waals surface area (Å²) in [6.45, 7) is 2.89. The van der Waals surface area contributed by atoms with Gasteiger partial charge in [0.1, 0.15) is 17.3 Å². The predicted molar refractivity (Wildman–Crippen MR) is 90.5 cm³/mol. The Morgan fingerprint density at radius 1 is 1.32 bits per heavy atom. The number of imidazole rings is 1. The molecule has 25 heavy (non-hydrogen) atoms. The maximum Gasteiger partial charge on any atom is 0.266 e. The number of H-pyrrole nitrogens is 1. The number of carbonyl (C=O) groups excluding carboxylic acids is 2. The van der Waals surface area contributed by atoms with Gasteiger partial charge < -0.3 is 15.6 Å². The maximum absolute atomic E-state index is 13.9. The van der Waals surface area contributed by atoms with Gasteiger partial charge in [0.05, 0.1) is 12.1 Å². The predicted octanol–water partition coefficient (Wildman–Crippen LogP) is 2.16. The number of piperidine rings is 1. The van der Waals surface area contributed by atoms with Gasteiger partial charge in [-0.15, -0.1) is 0 Å². The zero-order chi connectivity index (χ0) is 18.0. The highest BCUT2D eigenvalue weighted by Crippen LogP contribution is 2.28. The van der Waals surface area contributed by atoms with Crippen LogP contribution in [-0.2, 0) is 4.79 Å². The van der Waals surface area contributed by atoms with Crippen LogP contribution in [0.2, 0.25) is 0 Å². The van der Waals surface area contributed by atoms with Crippen molar-refractivity contribution in [3.05, 3.63) is 53.4 Å². The molecule has 3 N–H and O–H groups in total. The fourth-order valence-electron chi connectivity index (χ4n) is 3.28. The van der Waals surface area contributed by atoms with Gasteiger partial charge in [-0.2, -0.15) is 0 Å². The van der Waals surface area contributed by atoms with Gasteiger partial charge in [0.25, 0.3) is 5.91 Å². The number of nitrogens with two attached hydrogens (primary N) is 1. The first-order valence-electron chi connectivity index (χ1n) is 8.35. The Labute approximate surface area is 145 Å². The number of aromatic nitrogens is 2. The Morgan fingerprint density at radius 3 is 2.60 bits per heavy atom. The van der Waals surface area contributed by atoms with Crippen LogP contribution < -0.4 is 5.73 Å². The zero-order valence-electron chi connectivity index (χ0n) is 14.0. The Hall–Kier alpha value is -2.70. The van der Waals surface area contributed by atoms with Gasteiger partial charge in [-0.3, -0.25) is 9.59 Å². The van der Waals surface area contributed by atoms with Crippen molar-refractivity contribution in [2.45, 2.75) is 31.6 Å². The Morgan fingerprint density at radius 2 is 2.00 bits per heavy atom. The van der Waals surface area contributed by atoms with Crippen LogP contribution >= 0.6 is 0 Å². The Kier molecular flexibility index (Phi) is 4.83. The van der Waals surface area contributed by atoms with Crippen molar-refractivity contribution >= 4 is 11.8 Å². The van der Waals surface area contributed by atoms with Crippen LogP contribution in [0.25, 0.3) is 0 Å². The van der Waals surface area contributed by atoms with Crippen molar-refractivity contribution in [2.24, 2.45) is 5.73 Å². The number of likely N-dealkylation sites (tertiary alicyclic amines) is 1. The third kappa shape index (κ3) is 3.55. The SMILES string of the molecule is CC(C(=O)N1CCC(c2ncc(C(N)=O)[nH]2)CC1)c1ccccc1F. The number of nitrogens with zero attached hydrogens (tertiary/aromatic N) is 2. The summed E-state index contributed by atoms with van der Waals surface area (Å²) in [6.07, 6.45) is 2.92. The summed E-state index contributed by atoms with van der Waals surface area (Å²) in [4.78, 5) is 32.7. The van der Waals surface area contributed by atoms with Crippen molar-refractivity contribution in [1.29, 1.82) is 0 Å². The number of rotatable bonds is 4. The minimum atomic E-state index is -0.537.